The van der Waals surface area contributed by atoms with E-state index in [2.05, 4.69) is 15.5 Å². The van der Waals surface area contributed by atoms with Crippen LogP contribution < -0.4 is 10.1 Å². The third kappa shape index (κ3) is 5.11. The predicted molar refractivity (Wildman–Crippen MR) is 106 cm³/mol. The Kier molecular flexibility index (Phi) is 6.03. The van der Waals surface area contributed by atoms with Gasteiger partial charge in [-0.15, -0.1) is 0 Å². The maximum atomic E-state index is 13.6. The highest BCUT2D eigenvalue weighted by atomic mass is 19.4. The number of hydrogen-bond acceptors (Lipinski definition) is 5. The van der Waals surface area contributed by atoms with Gasteiger partial charge in [-0.1, -0.05) is 23.4 Å². The van der Waals surface area contributed by atoms with Crippen LogP contribution in [0.15, 0.2) is 53.1 Å². The summed E-state index contributed by atoms with van der Waals surface area (Å²) in [6, 6.07) is 9.30. The van der Waals surface area contributed by atoms with Crippen molar-refractivity contribution in [3.63, 3.8) is 0 Å². The number of nitrogens with zero attached hydrogens (tertiary/aromatic N) is 2. The quantitative estimate of drug-likeness (QED) is 0.527. The Morgan fingerprint density at radius 3 is 2.68 bits per heavy atom. The summed E-state index contributed by atoms with van der Waals surface area (Å²) < 4.78 is 64.3. The molecule has 31 heavy (non-hydrogen) atoms. The van der Waals surface area contributed by atoms with Crippen molar-refractivity contribution >= 4 is 6.08 Å². The maximum Gasteiger partial charge on any atom is 0.419 e. The van der Waals surface area contributed by atoms with Crippen LogP contribution in [0.4, 0.5) is 17.6 Å². The summed E-state index contributed by atoms with van der Waals surface area (Å²) in [6.07, 6.45) is 0.391. The fourth-order valence-electron chi connectivity index (χ4n) is 3.30. The molecule has 2 aromatic carbocycles. The molecule has 0 spiro atoms. The molecule has 0 amide bonds. The Hall–Kier alpha value is -3.20. The van der Waals surface area contributed by atoms with Gasteiger partial charge in [0.1, 0.15) is 18.2 Å². The van der Waals surface area contributed by atoms with E-state index in [0.29, 0.717) is 11.5 Å². The van der Waals surface area contributed by atoms with Gasteiger partial charge in [-0.25, -0.2) is 4.39 Å². The first kappa shape index (κ1) is 21.0. The highest BCUT2D eigenvalue weighted by Crippen LogP contribution is 2.38. The lowest BCUT2D eigenvalue weighted by Crippen LogP contribution is -2.13. The molecule has 4 rings (SSSR count). The van der Waals surface area contributed by atoms with Crippen molar-refractivity contribution in [3.8, 4) is 17.1 Å². The summed E-state index contributed by atoms with van der Waals surface area (Å²) in [5.41, 5.74) is -0.0268. The summed E-state index contributed by atoms with van der Waals surface area (Å²) >= 11 is 0. The van der Waals surface area contributed by atoms with Crippen LogP contribution in [-0.2, 0) is 6.18 Å². The van der Waals surface area contributed by atoms with E-state index in [9.17, 15) is 17.6 Å². The van der Waals surface area contributed by atoms with E-state index in [1.54, 1.807) is 24.3 Å². The molecule has 0 aliphatic carbocycles. The summed E-state index contributed by atoms with van der Waals surface area (Å²) in [5, 5.41) is 7.03. The number of alkyl halides is 3. The van der Waals surface area contributed by atoms with Crippen LogP contribution in [0.3, 0.4) is 0 Å². The molecule has 5 nitrogen and oxygen atoms in total. The zero-order valence-electron chi connectivity index (χ0n) is 16.3. The normalized spacial score (nSPS) is 16.8. The molecule has 2 heterocycles. The van der Waals surface area contributed by atoms with Gasteiger partial charge < -0.3 is 14.6 Å². The van der Waals surface area contributed by atoms with Gasteiger partial charge in [0, 0.05) is 5.56 Å². The zero-order valence-corrected chi connectivity index (χ0v) is 16.3. The van der Waals surface area contributed by atoms with E-state index < -0.39 is 11.7 Å². The molecule has 0 radical (unpaired) electrons. The maximum absolute atomic E-state index is 13.6. The molecule has 1 atom stereocenters. The molecule has 0 bridgehead atoms. The van der Waals surface area contributed by atoms with Crippen LogP contribution >= 0.6 is 0 Å². The first-order valence-corrected chi connectivity index (χ1v) is 9.74. The third-order valence-corrected chi connectivity index (χ3v) is 4.86. The molecule has 1 fully saturated rings. The number of aromatic nitrogens is 2. The molecule has 1 aliphatic heterocycles. The highest BCUT2D eigenvalue weighted by Gasteiger charge is 2.35. The van der Waals surface area contributed by atoms with E-state index in [0.717, 1.165) is 25.5 Å². The smallest absolute Gasteiger partial charge is 0.419 e. The van der Waals surface area contributed by atoms with Crippen LogP contribution in [0.5, 0.6) is 5.75 Å². The molecular formula is C22H19F4N3O2. The lowest BCUT2D eigenvalue weighted by molar-refractivity contribution is -0.138. The standard InChI is InChI=1S/C22H19F4N3O2/c23-16-8-5-14(6-9-16)3-2-12-30-19-10-7-15(13-17(19)22(24,25)26)20-28-21(31-29-20)18-4-1-11-27-18/h2-3,5-10,13,18,27H,1,4,11-12H2/b3-2+. The van der Waals surface area contributed by atoms with Crippen molar-refractivity contribution < 1.29 is 26.8 Å². The Bertz CT molecular complexity index is 1060. The minimum Gasteiger partial charge on any atom is -0.489 e. The van der Waals surface area contributed by atoms with Gasteiger partial charge in [0.15, 0.2) is 0 Å². The van der Waals surface area contributed by atoms with Crippen molar-refractivity contribution in [2.75, 3.05) is 13.2 Å². The van der Waals surface area contributed by atoms with Crippen LogP contribution in [0, 0.1) is 5.82 Å². The molecule has 1 saturated heterocycles. The van der Waals surface area contributed by atoms with Crippen molar-refractivity contribution in [2.45, 2.75) is 25.1 Å². The zero-order chi connectivity index (χ0) is 21.8. The Morgan fingerprint density at radius 1 is 1.16 bits per heavy atom. The lowest BCUT2D eigenvalue weighted by Gasteiger charge is -2.14. The van der Waals surface area contributed by atoms with Gasteiger partial charge in [0.05, 0.1) is 11.6 Å². The second kappa shape index (κ2) is 8.89. The fraction of sp³-hybridized carbons (Fsp3) is 0.273. The van der Waals surface area contributed by atoms with Crippen LogP contribution in [0.1, 0.15) is 35.9 Å². The highest BCUT2D eigenvalue weighted by molar-refractivity contribution is 5.59. The van der Waals surface area contributed by atoms with Gasteiger partial charge in [-0.2, -0.15) is 18.2 Å². The van der Waals surface area contributed by atoms with Crippen molar-refractivity contribution in [1.82, 2.24) is 15.5 Å². The first-order valence-electron chi connectivity index (χ1n) is 9.74. The fourth-order valence-corrected chi connectivity index (χ4v) is 3.30. The van der Waals surface area contributed by atoms with Crippen molar-refractivity contribution in [2.24, 2.45) is 0 Å². The monoisotopic (exact) mass is 433 g/mol. The van der Waals surface area contributed by atoms with E-state index >= 15 is 0 Å². The second-order valence-electron chi connectivity index (χ2n) is 7.08. The summed E-state index contributed by atoms with van der Waals surface area (Å²) in [5.74, 6) is -0.206. The molecular weight excluding hydrogens is 414 g/mol. The van der Waals surface area contributed by atoms with Crippen LogP contribution in [0.25, 0.3) is 17.5 Å². The Morgan fingerprint density at radius 2 is 1.97 bits per heavy atom. The predicted octanol–water partition coefficient (Wildman–Crippen LogP) is 5.41. The SMILES string of the molecule is Fc1ccc(/C=C/COc2ccc(-c3noc(C4CCCN4)n3)cc2C(F)(F)F)cc1. The molecule has 1 aliphatic rings. The lowest BCUT2D eigenvalue weighted by atomic mass is 10.1. The molecule has 3 aromatic rings. The van der Waals surface area contributed by atoms with Gasteiger partial charge in [-0.3, -0.25) is 0 Å². The molecule has 162 valence electrons. The summed E-state index contributed by atoms with van der Waals surface area (Å²) in [4.78, 5) is 4.24. The van der Waals surface area contributed by atoms with Crippen molar-refractivity contribution in [3.05, 3.63) is 71.4 Å². The second-order valence-corrected chi connectivity index (χ2v) is 7.08. The van der Waals surface area contributed by atoms with E-state index in [1.165, 1.54) is 24.3 Å². The van der Waals surface area contributed by atoms with E-state index in [1.807, 2.05) is 0 Å². The van der Waals surface area contributed by atoms with Crippen LogP contribution in [0.2, 0.25) is 0 Å². The average molecular weight is 433 g/mol. The molecule has 0 saturated carbocycles. The number of ether oxygens (including phenoxy) is 1. The number of hydrogen-bond donors (Lipinski definition) is 1. The molecule has 9 heteroatoms. The first-order chi connectivity index (χ1) is 14.9. The number of rotatable bonds is 6. The van der Waals surface area contributed by atoms with Gasteiger partial charge in [0.2, 0.25) is 11.7 Å². The summed E-state index contributed by atoms with van der Waals surface area (Å²) in [7, 11) is 0. The molecule has 1 unspecified atom stereocenters. The Labute approximate surface area is 175 Å². The molecule has 1 N–H and O–H groups in total. The minimum absolute atomic E-state index is 0.0705. The van der Waals surface area contributed by atoms with Gasteiger partial charge in [0.25, 0.3) is 0 Å². The largest absolute Gasteiger partial charge is 0.489 e. The number of nitrogens with one attached hydrogen (secondary N) is 1. The number of halogens is 4. The van der Waals surface area contributed by atoms with E-state index in [-0.39, 0.29) is 35.6 Å². The van der Waals surface area contributed by atoms with Crippen LogP contribution in [-0.4, -0.2) is 23.3 Å². The van der Waals surface area contributed by atoms with Gasteiger partial charge in [-0.05, 0) is 61.4 Å². The minimum atomic E-state index is -4.62. The topological polar surface area (TPSA) is 60.2 Å². The van der Waals surface area contributed by atoms with Gasteiger partial charge >= 0.3 is 6.18 Å². The Balaban J connectivity index is 1.50. The average Bonchev–Trinajstić information content (AvgIpc) is 3.44. The summed E-state index contributed by atoms with van der Waals surface area (Å²) in [6.45, 7) is 0.752. The number of benzene rings is 2. The van der Waals surface area contributed by atoms with E-state index in [4.69, 9.17) is 9.26 Å². The van der Waals surface area contributed by atoms with Crippen molar-refractivity contribution in [1.29, 1.82) is 0 Å². The molecule has 1 aromatic heterocycles. The third-order valence-electron chi connectivity index (χ3n) is 4.86.